The van der Waals surface area contributed by atoms with Crippen LogP contribution in [0.3, 0.4) is 0 Å². The maximum atomic E-state index is 2.28. The average molecular weight is 303 g/mol. The van der Waals surface area contributed by atoms with E-state index in [-0.39, 0.29) is 24.8 Å². The first-order chi connectivity index (χ1) is 8.93. The van der Waals surface area contributed by atoms with E-state index in [2.05, 4.69) is 66.8 Å². The molecular formula is C18H16Cl2. The summed E-state index contributed by atoms with van der Waals surface area (Å²) in [5.41, 5.74) is 7.29. The van der Waals surface area contributed by atoms with Crippen LogP contribution in [0.1, 0.15) is 22.6 Å². The summed E-state index contributed by atoms with van der Waals surface area (Å²) in [7, 11) is 0. The molecule has 0 atom stereocenters. The molecule has 0 saturated carbocycles. The summed E-state index contributed by atoms with van der Waals surface area (Å²) in [4.78, 5) is 0. The number of allylic oxidation sites excluding steroid dienone is 4. The van der Waals surface area contributed by atoms with E-state index in [1.165, 1.54) is 27.8 Å². The highest BCUT2D eigenvalue weighted by molar-refractivity contribution is 5.85. The molecule has 0 aliphatic heterocycles. The van der Waals surface area contributed by atoms with Crippen LogP contribution in [0.5, 0.6) is 0 Å². The quantitative estimate of drug-likeness (QED) is 0.571. The lowest BCUT2D eigenvalue weighted by molar-refractivity contribution is 1.06. The van der Waals surface area contributed by atoms with Crippen molar-refractivity contribution in [3.63, 3.8) is 0 Å². The van der Waals surface area contributed by atoms with Crippen LogP contribution in [0.25, 0.3) is 11.1 Å². The van der Waals surface area contributed by atoms with Crippen molar-refractivity contribution in [3.8, 4) is 11.1 Å². The summed E-state index contributed by atoms with van der Waals surface area (Å²) in [6.45, 7) is 0. The highest BCUT2D eigenvalue weighted by atomic mass is 35.5. The molecule has 2 heteroatoms. The Kier molecular flexibility index (Phi) is 4.37. The molecule has 0 heterocycles. The Bertz CT molecular complexity index is 672. The fourth-order valence-corrected chi connectivity index (χ4v) is 3.13. The molecule has 2 aliphatic rings. The van der Waals surface area contributed by atoms with Crippen LogP contribution in [-0.2, 0) is 6.42 Å². The van der Waals surface area contributed by atoms with Gasteiger partial charge in [0.05, 0.1) is 0 Å². The molecule has 0 aromatic heterocycles. The van der Waals surface area contributed by atoms with E-state index in [1.807, 2.05) is 0 Å². The van der Waals surface area contributed by atoms with Gasteiger partial charge in [-0.2, -0.15) is 0 Å². The van der Waals surface area contributed by atoms with E-state index in [1.54, 1.807) is 0 Å². The summed E-state index contributed by atoms with van der Waals surface area (Å²) in [6, 6.07) is 15.5. The molecule has 0 spiro atoms. The molecule has 0 unspecified atom stereocenters. The number of hydrogen-bond donors (Lipinski definition) is 0. The first-order valence-electron chi connectivity index (χ1n) is 6.48. The second-order valence-corrected chi connectivity index (χ2v) is 5.00. The number of hydrogen-bond acceptors (Lipinski definition) is 0. The van der Waals surface area contributed by atoms with Gasteiger partial charge in [0.15, 0.2) is 0 Å². The van der Waals surface area contributed by atoms with Gasteiger partial charge in [-0.1, -0.05) is 66.8 Å². The summed E-state index contributed by atoms with van der Waals surface area (Å²) in [5, 5.41) is 0. The van der Waals surface area contributed by atoms with Gasteiger partial charge in [0.1, 0.15) is 0 Å². The Morgan fingerprint density at radius 1 is 0.750 bits per heavy atom. The number of rotatable bonds is 1. The van der Waals surface area contributed by atoms with Crippen molar-refractivity contribution in [1.29, 1.82) is 0 Å². The molecule has 2 aliphatic carbocycles. The molecule has 0 fully saturated rings. The molecule has 0 nitrogen and oxygen atoms in total. The number of benzene rings is 2. The predicted molar refractivity (Wildman–Crippen MR) is 90.2 cm³/mol. The third kappa shape index (κ3) is 2.19. The molecule has 2 aromatic carbocycles. The van der Waals surface area contributed by atoms with Crippen LogP contribution in [0, 0.1) is 0 Å². The van der Waals surface area contributed by atoms with Gasteiger partial charge in [-0.15, -0.1) is 24.8 Å². The van der Waals surface area contributed by atoms with Crippen molar-refractivity contribution in [3.05, 3.63) is 83.5 Å². The Hall–Kier alpha value is -1.50. The minimum atomic E-state index is 0. The van der Waals surface area contributed by atoms with Crippen LogP contribution < -0.4 is 0 Å². The van der Waals surface area contributed by atoms with Crippen LogP contribution >= 0.6 is 24.8 Å². The van der Waals surface area contributed by atoms with Crippen molar-refractivity contribution in [2.45, 2.75) is 12.3 Å². The Labute approximate surface area is 132 Å². The van der Waals surface area contributed by atoms with Gasteiger partial charge in [0.25, 0.3) is 0 Å². The summed E-state index contributed by atoms with van der Waals surface area (Å²) < 4.78 is 0. The highest BCUT2D eigenvalue weighted by Gasteiger charge is 2.22. The summed E-state index contributed by atoms with van der Waals surface area (Å²) in [5.74, 6) is 0.467. The van der Waals surface area contributed by atoms with Crippen LogP contribution in [0.2, 0.25) is 0 Å². The molecule has 0 saturated heterocycles. The highest BCUT2D eigenvalue weighted by Crippen LogP contribution is 2.41. The lowest BCUT2D eigenvalue weighted by Gasteiger charge is -2.12. The topological polar surface area (TPSA) is 0 Å². The number of halogens is 2. The minimum absolute atomic E-state index is 0. The van der Waals surface area contributed by atoms with E-state index in [0.29, 0.717) is 5.92 Å². The SMILES string of the molecule is C1=CC(c2cccc3c2Cc2ccccc2-3)C=C1.Cl.Cl. The second kappa shape index (κ2) is 5.87. The molecular weight excluding hydrogens is 287 g/mol. The monoisotopic (exact) mass is 302 g/mol. The molecule has 4 rings (SSSR count). The zero-order valence-corrected chi connectivity index (χ0v) is 12.6. The van der Waals surface area contributed by atoms with Crippen molar-refractivity contribution in [1.82, 2.24) is 0 Å². The van der Waals surface area contributed by atoms with Gasteiger partial charge in [-0.25, -0.2) is 0 Å². The van der Waals surface area contributed by atoms with E-state index in [4.69, 9.17) is 0 Å². The van der Waals surface area contributed by atoms with Gasteiger partial charge < -0.3 is 0 Å². The smallest absolute Gasteiger partial charge is 0.0207 e. The Balaban J connectivity index is 0.000000735. The van der Waals surface area contributed by atoms with Gasteiger partial charge in [0.2, 0.25) is 0 Å². The van der Waals surface area contributed by atoms with E-state index in [0.717, 1.165) is 6.42 Å². The van der Waals surface area contributed by atoms with Crippen LogP contribution in [-0.4, -0.2) is 0 Å². The third-order valence-electron chi connectivity index (χ3n) is 3.99. The van der Waals surface area contributed by atoms with Gasteiger partial charge >= 0.3 is 0 Å². The third-order valence-corrected chi connectivity index (χ3v) is 3.99. The Morgan fingerprint density at radius 2 is 1.45 bits per heavy atom. The standard InChI is InChI=1S/C18H14.2ClH/c1-2-7-13(6-1)15-10-5-11-17-16-9-4-3-8-14(16)12-18(15)17;;/h1-11,13H,12H2;2*1H. The maximum Gasteiger partial charge on any atom is 0.0207 e. The Morgan fingerprint density at radius 3 is 2.25 bits per heavy atom. The maximum absolute atomic E-state index is 2.28. The zero-order chi connectivity index (χ0) is 11.9. The van der Waals surface area contributed by atoms with Gasteiger partial charge in [-0.05, 0) is 34.2 Å². The fraction of sp³-hybridized carbons (Fsp3) is 0.111. The van der Waals surface area contributed by atoms with Crippen LogP contribution in [0.15, 0.2) is 66.8 Å². The first kappa shape index (κ1) is 14.9. The van der Waals surface area contributed by atoms with Gasteiger partial charge in [0, 0.05) is 5.92 Å². The second-order valence-electron chi connectivity index (χ2n) is 5.00. The molecule has 0 radical (unpaired) electrons. The fourth-order valence-electron chi connectivity index (χ4n) is 3.13. The van der Waals surface area contributed by atoms with Crippen molar-refractivity contribution in [2.75, 3.05) is 0 Å². The van der Waals surface area contributed by atoms with Crippen molar-refractivity contribution < 1.29 is 0 Å². The van der Waals surface area contributed by atoms with E-state index in [9.17, 15) is 0 Å². The predicted octanol–water partition coefficient (Wildman–Crippen LogP) is 5.31. The largest absolute Gasteiger partial charge is 0.147 e. The van der Waals surface area contributed by atoms with Crippen molar-refractivity contribution in [2.24, 2.45) is 0 Å². The average Bonchev–Trinajstić information content (AvgIpc) is 3.05. The summed E-state index contributed by atoms with van der Waals surface area (Å²) in [6.07, 6.45) is 9.93. The van der Waals surface area contributed by atoms with Crippen molar-refractivity contribution >= 4 is 24.8 Å². The van der Waals surface area contributed by atoms with Gasteiger partial charge in [-0.3, -0.25) is 0 Å². The minimum Gasteiger partial charge on any atom is -0.147 e. The first-order valence-corrected chi connectivity index (χ1v) is 6.48. The van der Waals surface area contributed by atoms with E-state index < -0.39 is 0 Å². The molecule has 0 amide bonds. The zero-order valence-electron chi connectivity index (χ0n) is 11.0. The van der Waals surface area contributed by atoms with Crippen LogP contribution in [0.4, 0.5) is 0 Å². The lowest BCUT2D eigenvalue weighted by atomic mass is 9.92. The lowest BCUT2D eigenvalue weighted by Crippen LogP contribution is -1.95. The molecule has 0 N–H and O–H groups in total. The number of fused-ring (bicyclic) bond motifs is 3. The molecule has 0 bridgehead atoms. The molecule has 2 aromatic rings. The van der Waals surface area contributed by atoms with E-state index >= 15 is 0 Å². The normalized spacial score (nSPS) is 14.4. The summed E-state index contributed by atoms with van der Waals surface area (Å²) >= 11 is 0. The molecule has 20 heavy (non-hydrogen) atoms. The molecule has 102 valence electrons.